The monoisotopic (exact) mass is 299 g/mol. The van der Waals surface area contributed by atoms with Gasteiger partial charge in [0.15, 0.2) is 5.96 Å². The zero-order chi connectivity index (χ0) is 15.9. The van der Waals surface area contributed by atoms with Crippen LogP contribution in [-0.4, -0.2) is 30.8 Å². The lowest BCUT2D eigenvalue weighted by atomic mass is 9.94. The highest BCUT2D eigenvalue weighted by Gasteiger charge is 2.10. The summed E-state index contributed by atoms with van der Waals surface area (Å²) in [5.74, 6) is 1.62. The third-order valence-corrected chi connectivity index (χ3v) is 3.70. The predicted molar refractivity (Wildman–Crippen MR) is 92.5 cm³/mol. The van der Waals surface area contributed by atoms with Crippen molar-refractivity contribution >= 4 is 5.96 Å². The van der Waals surface area contributed by atoms with Gasteiger partial charge in [-0.05, 0) is 31.1 Å². The van der Waals surface area contributed by atoms with E-state index in [0.717, 1.165) is 25.8 Å². The van der Waals surface area contributed by atoms with Gasteiger partial charge in [0, 0.05) is 19.7 Å². The molecule has 0 spiro atoms. The first kappa shape index (κ1) is 20.2. The van der Waals surface area contributed by atoms with Gasteiger partial charge in [-0.15, -0.1) is 0 Å². The molecule has 4 N–H and O–H groups in total. The van der Waals surface area contributed by atoms with Crippen LogP contribution in [0.4, 0.5) is 0 Å². The molecule has 0 rings (SSSR count). The lowest BCUT2D eigenvalue weighted by Crippen LogP contribution is -2.33. The highest BCUT2D eigenvalue weighted by molar-refractivity contribution is 5.77. The Labute approximate surface area is 131 Å². The molecule has 21 heavy (non-hydrogen) atoms. The lowest BCUT2D eigenvalue weighted by Gasteiger charge is -2.16. The maximum absolute atomic E-state index is 9.08. The quantitative estimate of drug-likeness (QED) is 0.278. The van der Waals surface area contributed by atoms with E-state index in [0.29, 0.717) is 24.3 Å². The average Bonchev–Trinajstić information content (AvgIpc) is 2.43. The summed E-state index contributed by atoms with van der Waals surface area (Å²) in [4.78, 5) is 4.42. The number of rotatable bonds is 13. The number of guanidine groups is 1. The minimum Gasteiger partial charge on any atom is -0.396 e. The van der Waals surface area contributed by atoms with Crippen molar-refractivity contribution in [3.8, 4) is 0 Å². The van der Waals surface area contributed by atoms with Crippen LogP contribution >= 0.6 is 0 Å². The number of aliphatic imine (C=N–C) groups is 1. The molecular weight excluding hydrogens is 262 g/mol. The van der Waals surface area contributed by atoms with Gasteiger partial charge in [0.05, 0.1) is 0 Å². The molecule has 1 atom stereocenters. The van der Waals surface area contributed by atoms with Crippen LogP contribution in [0.3, 0.4) is 0 Å². The highest BCUT2D eigenvalue weighted by atomic mass is 16.3. The Morgan fingerprint density at radius 3 is 2.43 bits per heavy atom. The molecule has 0 bridgehead atoms. The van der Waals surface area contributed by atoms with Crippen LogP contribution < -0.4 is 11.1 Å². The predicted octanol–water partition coefficient (Wildman–Crippen LogP) is 3.30. The second-order valence-corrected chi connectivity index (χ2v) is 6.43. The average molecular weight is 300 g/mol. The normalized spacial score (nSPS) is 13.7. The Kier molecular flexibility index (Phi) is 13.7. The lowest BCUT2D eigenvalue weighted by molar-refractivity contribution is 0.246. The van der Waals surface area contributed by atoms with Gasteiger partial charge in [-0.2, -0.15) is 0 Å². The summed E-state index contributed by atoms with van der Waals surface area (Å²) in [7, 11) is 0. The molecular formula is C17H37N3O. The number of nitrogens with zero attached hydrogens (tertiary/aromatic N) is 1. The molecule has 0 aromatic heterocycles. The molecule has 0 heterocycles. The Morgan fingerprint density at radius 2 is 1.81 bits per heavy atom. The maximum Gasteiger partial charge on any atom is 0.188 e. The zero-order valence-corrected chi connectivity index (χ0v) is 14.4. The second-order valence-electron chi connectivity index (χ2n) is 6.43. The van der Waals surface area contributed by atoms with Crippen LogP contribution in [-0.2, 0) is 0 Å². The molecule has 0 aromatic carbocycles. The van der Waals surface area contributed by atoms with Crippen LogP contribution in [0.15, 0.2) is 4.99 Å². The Hall–Kier alpha value is -0.770. The molecule has 1 unspecified atom stereocenters. The molecule has 0 aliphatic heterocycles. The van der Waals surface area contributed by atoms with E-state index in [4.69, 9.17) is 10.8 Å². The number of nitrogens with one attached hydrogen (secondary N) is 1. The van der Waals surface area contributed by atoms with Crippen molar-refractivity contribution in [2.75, 3.05) is 19.7 Å². The molecule has 0 fully saturated rings. The van der Waals surface area contributed by atoms with E-state index >= 15 is 0 Å². The van der Waals surface area contributed by atoms with Gasteiger partial charge < -0.3 is 16.2 Å². The van der Waals surface area contributed by atoms with E-state index in [-0.39, 0.29) is 6.61 Å². The van der Waals surface area contributed by atoms with Gasteiger partial charge >= 0.3 is 0 Å². The Morgan fingerprint density at radius 1 is 1.14 bits per heavy atom. The van der Waals surface area contributed by atoms with Crippen LogP contribution in [0.5, 0.6) is 0 Å². The zero-order valence-electron chi connectivity index (χ0n) is 14.4. The molecule has 4 heteroatoms. The summed E-state index contributed by atoms with van der Waals surface area (Å²) < 4.78 is 0. The first-order valence-corrected chi connectivity index (χ1v) is 8.74. The summed E-state index contributed by atoms with van der Waals surface area (Å²) >= 11 is 0. The Bertz CT molecular complexity index is 254. The van der Waals surface area contributed by atoms with Gasteiger partial charge in [-0.3, -0.25) is 4.99 Å². The van der Waals surface area contributed by atoms with E-state index in [1.165, 1.54) is 32.1 Å². The third-order valence-electron chi connectivity index (χ3n) is 3.70. The molecule has 0 aromatic rings. The number of aliphatic hydroxyl groups excluding tert-OH is 1. The SMILES string of the molecule is CCCCCCCCNC(N)=NCC(CCO)CC(C)C. The fourth-order valence-corrected chi connectivity index (χ4v) is 2.54. The van der Waals surface area contributed by atoms with Crippen molar-refractivity contribution in [3.63, 3.8) is 0 Å². The first-order chi connectivity index (χ1) is 10.1. The van der Waals surface area contributed by atoms with Gasteiger partial charge in [0.2, 0.25) is 0 Å². The fraction of sp³-hybridized carbons (Fsp3) is 0.941. The van der Waals surface area contributed by atoms with Gasteiger partial charge in [-0.1, -0.05) is 52.9 Å². The van der Waals surface area contributed by atoms with Crippen molar-refractivity contribution < 1.29 is 5.11 Å². The van der Waals surface area contributed by atoms with Crippen LogP contribution in [0, 0.1) is 11.8 Å². The van der Waals surface area contributed by atoms with Gasteiger partial charge in [0.1, 0.15) is 0 Å². The van der Waals surface area contributed by atoms with Crippen molar-refractivity contribution in [2.45, 2.75) is 72.1 Å². The summed E-state index contributed by atoms with van der Waals surface area (Å²) in [6.45, 7) is 8.51. The minimum absolute atomic E-state index is 0.234. The molecule has 0 aliphatic rings. The van der Waals surface area contributed by atoms with Gasteiger partial charge in [0.25, 0.3) is 0 Å². The van der Waals surface area contributed by atoms with Crippen molar-refractivity contribution in [2.24, 2.45) is 22.6 Å². The maximum atomic E-state index is 9.08. The fourth-order valence-electron chi connectivity index (χ4n) is 2.54. The highest BCUT2D eigenvalue weighted by Crippen LogP contribution is 2.15. The summed E-state index contributed by atoms with van der Waals surface area (Å²) in [6.07, 6.45) is 9.63. The van der Waals surface area contributed by atoms with Crippen LogP contribution in [0.1, 0.15) is 72.1 Å². The smallest absolute Gasteiger partial charge is 0.188 e. The molecule has 0 saturated heterocycles. The number of hydrogen-bond donors (Lipinski definition) is 3. The summed E-state index contributed by atoms with van der Waals surface area (Å²) in [5.41, 5.74) is 5.89. The van der Waals surface area contributed by atoms with Crippen LogP contribution in [0.2, 0.25) is 0 Å². The van der Waals surface area contributed by atoms with E-state index in [1.54, 1.807) is 0 Å². The van der Waals surface area contributed by atoms with E-state index in [9.17, 15) is 0 Å². The van der Waals surface area contributed by atoms with E-state index in [2.05, 4.69) is 31.1 Å². The first-order valence-electron chi connectivity index (χ1n) is 8.74. The van der Waals surface area contributed by atoms with E-state index in [1.807, 2.05) is 0 Å². The summed E-state index contributed by atoms with van der Waals surface area (Å²) in [6, 6.07) is 0. The number of hydrogen-bond acceptors (Lipinski definition) is 2. The molecule has 126 valence electrons. The molecule has 0 amide bonds. The van der Waals surface area contributed by atoms with Crippen molar-refractivity contribution in [1.29, 1.82) is 0 Å². The second kappa shape index (κ2) is 14.2. The van der Waals surface area contributed by atoms with E-state index < -0.39 is 0 Å². The number of aliphatic hydroxyl groups is 1. The molecule has 4 nitrogen and oxygen atoms in total. The van der Waals surface area contributed by atoms with Crippen molar-refractivity contribution in [1.82, 2.24) is 5.32 Å². The largest absolute Gasteiger partial charge is 0.396 e. The topological polar surface area (TPSA) is 70.6 Å². The Balaban J connectivity index is 3.74. The number of unbranched alkanes of at least 4 members (excludes halogenated alkanes) is 5. The third kappa shape index (κ3) is 13.9. The van der Waals surface area contributed by atoms with Gasteiger partial charge in [-0.25, -0.2) is 0 Å². The molecule has 0 aliphatic carbocycles. The van der Waals surface area contributed by atoms with Crippen molar-refractivity contribution in [3.05, 3.63) is 0 Å². The molecule has 0 radical (unpaired) electrons. The minimum atomic E-state index is 0.234. The standard InChI is InChI=1S/C17H37N3O/c1-4-5-6-7-8-9-11-19-17(18)20-14-16(10-12-21)13-15(2)3/h15-16,21H,4-14H2,1-3H3,(H3,18,19,20). The van der Waals surface area contributed by atoms with Crippen LogP contribution in [0.25, 0.3) is 0 Å². The molecule has 0 saturated carbocycles. The summed E-state index contributed by atoms with van der Waals surface area (Å²) in [5, 5.41) is 12.3. The number of nitrogens with two attached hydrogens (primary N) is 1.